The first kappa shape index (κ1) is 13.9. The minimum Gasteiger partial charge on any atom is -0.494 e. The fourth-order valence-corrected chi connectivity index (χ4v) is 2.40. The molecular weight excluding hydrogens is 242 g/mol. The Morgan fingerprint density at radius 3 is 2.74 bits per heavy atom. The molecule has 1 aliphatic rings. The van der Waals surface area contributed by atoms with Crippen LogP contribution in [0.3, 0.4) is 0 Å². The number of nitrogens with zero attached hydrogens (tertiary/aromatic N) is 1. The molecule has 104 valence electrons. The highest BCUT2D eigenvalue weighted by Gasteiger charge is 2.18. The molecule has 2 rings (SSSR count). The minimum atomic E-state index is 0.278. The SMILES string of the molecule is OCCCCCCOc1ccc2c(c1)CC/C2=N\O. The van der Waals surface area contributed by atoms with Crippen molar-refractivity contribution in [2.75, 3.05) is 13.2 Å². The number of aliphatic hydroxyl groups is 1. The van der Waals surface area contributed by atoms with Crippen LogP contribution in [-0.4, -0.2) is 29.2 Å². The summed E-state index contributed by atoms with van der Waals surface area (Å²) in [6, 6.07) is 5.95. The largest absolute Gasteiger partial charge is 0.494 e. The van der Waals surface area contributed by atoms with E-state index in [1.54, 1.807) is 0 Å². The Labute approximate surface area is 113 Å². The normalized spacial score (nSPS) is 15.7. The molecule has 1 aromatic rings. The highest BCUT2D eigenvalue weighted by molar-refractivity contribution is 6.04. The molecule has 1 aromatic carbocycles. The highest BCUT2D eigenvalue weighted by atomic mass is 16.5. The highest BCUT2D eigenvalue weighted by Crippen LogP contribution is 2.26. The van der Waals surface area contributed by atoms with Gasteiger partial charge >= 0.3 is 0 Å². The van der Waals surface area contributed by atoms with Crippen LogP contribution in [0.2, 0.25) is 0 Å². The maximum atomic E-state index is 8.87. The summed E-state index contributed by atoms with van der Waals surface area (Å²) >= 11 is 0. The van der Waals surface area contributed by atoms with Crippen molar-refractivity contribution in [3.05, 3.63) is 29.3 Å². The van der Waals surface area contributed by atoms with Gasteiger partial charge in [0.25, 0.3) is 0 Å². The molecule has 1 aliphatic carbocycles. The molecule has 0 fully saturated rings. The zero-order chi connectivity index (χ0) is 13.5. The van der Waals surface area contributed by atoms with E-state index in [1.807, 2.05) is 18.2 Å². The van der Waals surface area contributed by atoms with Crippen molar-refractivity contribution in [3.8, 4) is 5.75 Å². The standard InChI is InChI=1S/C15H21NO3/c17-9-3-1-2-4-10-19-13-6-7-14-12(11-13)5-8-15(14)16-18/h6-7,11,17-18H,1-5,8-10H2/b16-15+. The van der Waals surface area contributed by atoms with E-state index >= 15 is 0 Å². The van der Waals surface area contributed by atoms with Gasteiger partial charge in [-0.3, -0.25) is 0 Å². The molecule has 0 amide bonds. The fourth-order valence-electron chi connectivity index (χ4n) is 2.40. The second-order valence-electron chi connectivity index (χ2n) is 4.85. The average Bonchev–Trinajstić information content (AvgIpc) is 2.85. The van der Waals surface area contributed by atoms with Gasteiger partial charge in [-0.1, -0.05) is 11.6 Å². The van der Waals surface area contributed by atoms with Crippen molar-refractivity contribution in [2.24, 2.45) is 5.16 Å². The van der Waals surface area contributed by atoms with Crippen molar-refractivity contribution >= 4 is 5.71 Å². The summed E-state index contributed by atoms with van der Waals surface area (Å²) in [5.41, 5.74) is 3.01. The van der Waals surface area contributed by atoms with Gasteiger partial charge in [-0.15, -0.1) is 0 Å². The average molecular weight is 263 g/mol. The van der Waals surface area contributed by atoms with Crippen molar-refractivity contribution in [1.82, 2.24) is 0 Å². The van der Waals surface area contributed by atoms with Gasteiger partial charge < -0.3 is 15.1 Å². The smallest absolute Gasteiger partial charge is 0.119 e. The van der Waals surface area contributed by atoms with Crippen LogP contribution >= 0.6 is 0 Å². The van der Waals surface area contributed by atoms with Crippen molar-refractivity contribution < 1.29 is 15.1 Å². The van der Waals surface area contributed by atoms with E-state index in [9.17, 15) is 0 Å². The maximum Gasteiger partial charge on any atom is 0.119 e. The third-order valence-electron chi connectivity index (χ3n) is 3.46. The number of benzene rings is 1. The van der Waals surface area contributed by atoms with E-state index in [4.69, 9.17) is 15.1 Å². The van der Waals surface area contributed by atoms with Crippen LogP contribution in [0, 0.1) is 0 Å². The van der Waals surface area contributed by atoms with Gasteiger partial charge in [0.15, 0.2) is 0 Å². The fraction of sp³-hybridized carbons (Fsp3) is 0.533. The van der Waals surface area contributed by atoms with Crippen LogP contribution in [0.4, 0.5) is 0 Å². The Balaban J connectivity index is 1.80. The molecule has 0 atom stereocenters. The van der Waals surface area contributed by atoms with E-state index in [-0.39, 0.29) is 6.61 Å². The summed E-state index contributed by atoms with van der Waals surface area (Å²) in [6.45, 7) is 0.992. The molecule has 0 saturated carbocycles. The number of hydrogen-bond acceptors (Lipinski definition) is 4. The third-order valence-corrected chi connectivity index (χ3v) is 3.46. The van der Waals surface area contributed by atoms with Crippen LogP contribution in [0.15, 0.2) is 23.4 Å². The van der Waals surface area contributed by atoms with Crippen LogP contribution in [0.25, 0.3) is 0 Å². The number of fused-ring (bicyclic) bond motifs is 1. The Kier molecular flexibility index (Phi) is 5.21. The summed E-state index contributed by atoms with van der Waals surface area (Å²) in [5, 5.41) is 20.9. The van der Waals surface area contributed by atoms with E-state index < -0.39 is 0 Å². The second kappa shape index (κ2) is 7.14. The number of rotatable bonds is 7. The van der Waals surface area contributed by atoms with E-state index in [0.29, 0.717) is 6.61 Å². The quantitative estimate of drug-likeness (QED) is 0.452. The van der Waals surface area contributed by atoms with Gasteiger partial charge in [0.2, 0.25) is 0 Å². The van der Waals surface area contributed by atoms with Gasteiger partial charge in [-0.2, -0.15) is 0 Å². The lowest BCUT2D eigenvalue weighted by Gasteiger charge is -2.08. The Morgan fingerprint density at radius 1 is 1.11 bits per heavy atom. The lowest BCUT2D eigenvalue weighted by atomic mass is 10.1. The number of aliphatic hydroxyl groups excluding tert-OH is 1. The molecule has 0 saturated heterocycles. The first-order chi connectivity index (χ1) is 9.35. The molecule has 0 bridgehead atoms. The summed E-state index contributed by atoms with van der Waals surface area (Å²) in [4.78, 5) is 0. The zero-order valence-corrected chi connectivity index (χ0v) is 11.1. The lowest BCUT2D eigenvalue weighted by Crippen LogP contribution is -1.99. The summed E-state index contributed by atoms with van der Waals surface area (Å²) in [7, 11) is 0. The van der Waals surface area contributed by atoms with Crippen molar-refractivity contribution in [2.45, 2.75) is 38.5 Å². The summed E-state index contributed by atoms with van der Waals surface area (Å²) < 4.78 is 5.72. The van der Waals surface area contributed by atoms with Crippen LogP contribution < -0.4 is 4.74 Å². The van der Waals surface area contributed by atoms with Crippen molar-refractivity contribution in [1.29, 1.82) is 0 Å². The number of ether oxygens (including phenoxy) is 1. The molecule has 0 heterocycles. The number of unbranched alkanes of at least 4 members (excludes halogenated alkanes) is 3. The molecule has 0 unspecified atom stereocenters. The molecular formula is C15H21NO3. The Hall–Kier alpha value is -1.55. The molecule has 2 N–H and O–H groups in total. The van der Waals surface area contributed by atoms with Crippen molar-refractivity contribution in [3.63, 3.8) is 0 Å². The first-order valence-electron chi connectivity index (χ1n) is 6.93. The van der Waals surface area contributed by atoms with Gasteiger partial charge in [-0.05, 0) is 55.9 Å². The molecule has 0 radical (unpaired) electrons. The molecule has 19 heavy (non-hydrogen) atoms. The Bertz CT molecular complexity index is 443. The third kappa shape index (κ3) is 3.70. The van der Waals surface area contributed by atoms with Crippen LogP contribution in [0.5, 0.6) is 5.75 Å². The second-order valence-corrected chi connectivity index (χ2v) is 4.85. The minimum absolute atomic E-state index is 0.278. The molecule has 4 heteroatoms. The van der Waals surface area contributed by atoms with Crippen LogP contribution in [-0.2, 0) is 6.42 Å². The summed E-state index contributed by atoms with van der Waals surface area (Å²) in [6.07, 6.45) is 5.76. The molecule has 0 aliphatic heterocycles. The van der Waals surface area contributed by atoms with E-state index in [2.05, 4.69) is 5.16 Å². The predicted octanol–water partition coefficient (Wildman–Crippen LogP) is 2.74. The number of aryl methyl sites for hydroxylation is 1. The molecule has 0 aromatic heterocycles. The van der Waals surface area contributed by atoms with Gasteiger partial charge in [-0.25, -0.2) is 0 Å². The van der Waals surface area contributed by atoms with Gasteiger partial charge in [0.1, 0.15) is 5.75 Å². The van der Waals surface area contributed by atoms with Crippen LogP contribution in [0.1, 0.15) is 43.2 Å². The van der Waals surface area contributed by atoms with Gasteiger partial charge in [0.05, 0.1) is 12.3 Å². The first-order valence-corrected chi connectivity index (χ1v) is 6.93. The lowest BCUT2D eigenvalue weighted by molar-refractivity contribution is 0.273. The number of oxime groups is 1. The maximum absolute atomic E-state index is 8.87. The van der Waals surface area contributed by atoms with E-state index in [0.717, 1.165) is 55.5 Å². The van der Waals surface area contributed by atoms with E-state index in [1.165, 1.54) is 5.56 Å². The number of hydrogen-bond donors (Lipinski definition) is 2. The Morgan fingerprint density at radius 2 is 1.95 bits per heavy atom. The monoisotopic (exact) mass is 263 g/mol. The zero-order valence-electron chi connectivity index (χ0n) is 11.1. The summed E-state index contributed by atoms with van der Waals surface area (Å²) in [5.74, 6) is 0.889. The van der Waals surface area contributed by atoms with Gasteiger partial charge in [0, 0.05) is 12.2 Å². The molecule has 4 nitrogen and oxygen atoms in total. The topological polar surface area (TPSA) is 62.0 Å². The predicted molar refractivity (Wildman–Crippen MR) is 74.1 cm³/mol. The molecule has 0 spiro atoms.